The lowest BCUT2D eigenvalue weighted by atomic mass is 9.65. The van der Waals surface area contributed by atoms with E-state index in [0.717, 1.165) is 72.0 Å². The number of rotatable bonds is 10. The first kappa shape index (κ1) is 21.8. The summed E-state index contributed by atoms with van der Waals surface area (Å²) in [4.78, 5) is 15.4. The average Bonchev–Trinajstić information content (AvgIpc) is 2.74. The number of carbonyl (C=O) groups is 1. The number of carbonyl (C=O) groups excluding carboxylic acids is 1. The monoisotopic (exact) mass is 441 g/mol. The molecule has 0 radical (unpaired) electrons. The van der Waals surface area contributed by atoms with Crippen molar-refractivity contribution in [2.45, 2.75) is 29.6 Å². The summed E-state index contributed by atoms with van der Waals surface area (Å²) in [7, 11) is 5.70. The molecule has 0 aromatic heterocycles. The Morgan fingerprint density at radius 2 is 2.00 bits per heavy atom. The minimum Gasteiger partial charge on any atom is -0.496 e. The Kier molecular flexibility index (Phi) is 6.62. The summed E-state index contributed by atoms with van der Waals surface area (Å²) in [5.41, 5.74) is 2.42. The maximum absolute atomic E-state index is 12.1. The Bertz CT molecular complexity index is 926. The third-order valence-corrected chi connectivity index (χ3v) is 7.22. The zero-order valence-corrected chi connectivity index (χ0v) is 19.3. The molecule has 1 aliphatic carbocycles. The van der Waals surface area contributed by atoms with Crippen molar-refractivity contribution >= 4 is 29.6 Å². The van der Waals surface area contributed by atoms with Gasteiger partial charge in [0.15, 0.2) is 0 Å². The predicted octanol–water partition coefficient (Wildman–Crippen LogP) is 4.42. The number of ether oxygens (including phenoxy) is 2. The first-order valence-electron chi connectivity index (χ1n) is 10.8. The van der Waals surface area contributed by atoms with Gasteiger partial charge in [-0.2, -0.15) is 0 Å². The zero-order chi connectivity index (χ0) is 21.8. The van der Waals surface area contributed by atoms with E-state index in [2.05, 4.69) is 28.1 Å². The third-order valence-electron chi connectivity index (χ3n) is 6.32. The second-order valence-corrected chi connectivity index (χ2v) is 9.38. The Labute approximate surface area is 188 Å². The molecule has 166 valence electrons. The molecule has 2 aromatic rings. The summed E-state index contributed by atoms with van der Waals surface area (Å²) in [6.07, 6.45) is 3.94. The molecule has 0 atom stereocenters. The Morgan fingerprint density at radius 1 is 1.23 bits per heavy atom. The largest absolute Gasteiger partial charge is 0.496 e. The first-order valence-corrected chi connectivity index (χ1v) is 11.6. The van der Waals surface area contributed by atoms with E-state index in [4.69, 9.17) is 9.47 Å². The summed E-state index contributed by atoms with van der Waals surface area (Å²) in [5, 5.41) is 3.31. The Morgan fingerprint density at radius 3 is 2.61 bits per heavy atom. The summed E-state index contributed by atoms with van der Waals surface area (Å²) in [6.45, 7) is 2.79. The quantitative estimate of drug-likeness (QED) is 0.418. The number of anilines is 2. The lowest BCUT2D eigenvalue weighted by Crippen LogP contribution is -2.46. The van der Waals surface area contributed by atoms with Crippen molar-refractivity contribution < 1.29 is 14.3 Å². The number of aldehydes is 1. The van der Waals surface area contributed by atoms with Crippen molar-refractivity contribution in [3.05, 3.63) is 42.0 Å². The first-order chi connectivity index (χ1) is 15.1. The summed E-state index contributed by atoms with van der Waals surface area (Å²) in [5.74, 6) is 2.16. The molecule has 1 heterocycles. The number of hydrogen-bond acceptors (Lipinski definition) is 7. The van der Waals surface area contributed by atoms with Crippen LogP contribution in [0.4, 0.5) is 11.4 Å². The van der Waals surface area contributed by atoms with E-state index in [9.17, 15) is 4.79 Å². The van der Waals surface area contributed by atoms with Crippen LogP contribution in [0.1, 0.15) is 24.8 Å². The van der Waals surface area contributed by atoms with E-state index in [1.807, 2.05) is 37.4 Å². The molecule has 1 saturated heterocycles. The summed E-state index contributed by atoms with van der Waals surface area (Å²) in [6, 6.07) is 12.0. The highest BCUT2D eigenvalue weighted by Crippen LogP contribution is 2.49. The van der Waals surface area contributed by atoms with E-state index >= 15 is 0 Å². The molecule has 0 bridgehead atoms. The van der Waals surface area contributed by atoms with Crippen LogP contribution in [0.15, 0.2) is 41.3 Å². The van der Waals surface area contributed by atoms with Crippen LogP contribution >= 0.6 is 11.9 Å². The fourth-order valence-electron chi connectivity index (χ4n) is 4.41. The molecule has 0 unspecified atom stereocenters. The van der Waals surface area contributed by atoms with Crippen LogP contribution in [-0.4, -0.2) is 52.1 Å². The van der Waals surface area contributed by atoms with Crippen LogP contribution in [0.5, 0.6) is 11.5 Å². The van der Waals surface area contributed by atoms with Crippen LogP contribution in [0.3, 0.4) is 0 Å². The minimum atomic E-state index is -0.431. The lowest BCUT2D eigenvalue weighted by molar-refractivity contribution is -0.115. The molecule has 0 spiro atoms. The fraction of sp³-hybridized carbons (Fsp3) is 0.458. The molecule has 2 fully saturated rings. The number of nitrogens with zero attached hydrogens (tertiary/aromatic N) is 1. The minimum absolute atomic E-state index is 0.431. The number of benzene rings is 2. The van der Waals surface area contributed by atoms with Gasteiger partial charge < -0.3 is 29.2 Å². The number of methoxy groups -OCH3 is 1. The van der Waals surface area contributed by atoms with Crippen LogP contribution in [0.2, 0.25) is 0 Å². The number of nitrogens with one attached hydrogen (secondary N) is 2. The van der Waals surface area contributed by atoms with E-state index in [1.165, 1.54) is 11.9 Å². The maximum atomic E-state index is 12.1. The highest BCUT2D eigenvalue weighted by molar-refractivity contribution is 8.00. The molecule has 0 amide bonds. The van der Waals surface area contributed by atoms with Crippen molar-refractivity contribution in [1.29, 1.82) is 0 Å². The van der Waals surface area contributed by atoms with Gasteiger partial charge in [-0.3, -0.25) is 0 Å². The molecule has 2 N–H and O–H groups in total. The average molecular weight is 442 g/mol. The molecule has 1 saturated carbocycles. The highest BCUT2D eigenvalue weighted by atomic mass is 32.2. The van der Waals surface area contributed by atoms with E-state index in [1.54, 1.807) is 7.11 Å². The van der Waals surface area contributed by atoms with Gasteiger partial charge in [0.1, 0.15) is 17.8 Å². The Hall–Kier alpha value is -2.38. The highest BCUT2D eigenvalue weighted by Gasteiger charge is 2.41. The molecule has 2 aromatic carbocycles. The fourth-order valence-corrected chi connectivity index (χ4v) is 5.15. The standard InChI is InChI=1S/C24H31N3O3S/c1-25-23-19(24(16-28)9-6-10-24)11-18(12-21(23)30-15-17-13-27(2)14-17)26-31-22-8-5-4-7-20(22)29-3/h4-5,7-8,11-12,16-17,25-26H,6,9-10,13-15H2,1-3H3. The molecule has 31 heavy (non-hydrogen) atoms. The molecule has 2 aliphatic rings. The lowest BCUT2D eigenvalue weighted by Gasteiger charge is -2.39. The van der Waals surface area contributed by atoms with Crippen molar-refractivity contribution in [3.8, 4) is 11.5 Å². The topological polar surface area (TPSA) is 62.8 Å². The summed E-state index contributed by atoms with van der Waals surface area (Å²) >= 11 is 1.49. The zero-order valence-electron chi connectivity index (χ0n) is 18.4. The van der Waals surface area contributed by atoms with Crippen LogP contribution < -0.4 is 19.5 Å². The van der Waals surface area contributed by atoms with Crippen molar-refractivity contribution in [1.82, 2.24) is 4.90 Å². The van der Waals surface area contributed by atoms with E-state index < -0.39 is 5.41 Å². The molecular weight excluding hydrogens is 410 g/mol. The van der Waals surface area contributed by atoms with Gasteiger partial charge in [-0.25, -0.2) is 0 Å². The van der Waals surface area contributed by atoms with Gasteiger partial charge in [-0.15, -0.1) is 0 Å². The van der Waals surface area contributed by atoms with E-state index in [-0.39, 0.29) is 0 Å². The van der Waals surface area contributed by atoms with Gasteiger partial charge >= 0.3 is 0 Å². The molecular formula is C24H31N3O3S. The van der Waals surface area contributed by atoms with Gasteiger partial charge in [0.2, 0.25) is 0 Å². The van der Waals surface area contributed by atoms with Gasteiger partial charge in [-0.05, 0) is 55.6 Å². The van der Waals surface area contributed by atoms with Crippen molar-refractivity contribution in [2.24, 2.45) is 5.92 Å². The second-order valence-electron chi connectivity index (χ2n) is 8.53. The molecule has 6 nitrogen and oxygen atoms in total. The van der Waals surface area contributed by atoms with E-state index in [0.29, 0.717) is 12.5 Å². The number of para-hydroxylation sites is 1. The van der Waals surface area contributed by atoms with Gasteiger partial charge in [-0.1, -0.05) is 18.6 Å². The molecule has 7 heteroatoms. The number of hydrogen-bond donors (Lipinski definition) is 2. The summed E-state index contributed by atoms with van der Waals surface area (Å²) < 4.78 is 15.2. The van der Waals surface area contributed by atoms with Crippen LogP contribution in [-0.2, 0) is 10.2 Å². The molecule has 4 rings (SSSR count). The maximum Gasteiger partial charge on any atom is 0.144 e. The normalized spacial score (nSPS) is 17.9. The van der Waals surface area contributed by atoms with Gasteiger partial charge in [0.05, 0.1) is 29.7 Å². The SMILES string of the molecule is CNc1c(OCC2CN(C)C2)cc(NSc2ccccc2OC)cc1C1(C=O)CCC1. The van der Waals surface area contributed by atoms with Gasteiger partial charge in [0, 0.05) is 37.8 Å². The van der Waals surface area contributed by atoms with Crippen molar-refractivity contribution in [2.75, 3.05) is 50.9 Å². The van der Waals surface area contributed by atoms with Crippen LogP contribution in [0, 0.1) is 5.92 Å². The number of likely N-dealkylation sites (tertiary alicyclic amines) is 1. The smallest absolute Gasteiger partial charge is 0.144 e. The Balaban J connectivity index is 1.62. The van der Waals surface area contributed by atoms with Crippen LogP contribution in [0.25, 0.3) is 0 Å². The second kappa shape index (κ2) is 9.40. The third kappa shape index (κ3) is 4.48. The molecule has 1 aliphatic heterocycles. The predicted molar refractivity (Wildman–Crippen MR) is 127 cm³/mol. The van der Waals surface area contributed by atoms with Crippen molar-refractivity contribution in [3.63, 3.8) is 0 Å². The van der Waals surface area contributed by atoms with Gasteiger partial charge in [0.25, 0.3) is 0 Å².